The predicted molar refractivity (Wildman–Crippen MR) is 70.0 cm³/mol. The van der Waals surface area contributed by atoms with Crippen molar-refractivity contribution < 1.29 is 8.42 Å². The fourth-order valence-electron chi connectivity index (χ4n) is 1.77. The molecule has 17 heavy (non-hydrogen) atoms. The summed E-state index contributed by atoms with van der Waals surface area (Å²) < 4.78 is 28.8. The van der Waals surface area contributed by atoms with Crippen LogP contribution < -0.4 is 4.72 Å². The van der Waals surface area contributed by atoms with E-state index in [4.69, 9.17) is 0 Å². The lowest BCUT2D eigenvalue weighted by atomic mass is 10.3. The number of nitrogens with zero attached hydrogens (tertiary/aromatic N) is 2. The molecule has 0 unspecified atom stereocenters. The van der Waals surface area contributed by atoms with Crippen LogP contribution in [0.4, 0.5) is 5.69 Å². The number of hydrogen-bond donors (Lipinski definition) is 1. The summed E-state index contributed by atoms with van der Waals surface area (Å²) in [7, 11) is -3.42. The first-order chi connectivity index (χ1) is 7.99. The highest BCUT2D eigenvalue weighted by Gasteiger charge is 2.25. The van der Waals surface area contributed by atoms with E-state index in [9.17, 15) is 8.42 Å². The van der Waals surface area contributed by atoms with Crippen molar-refractivity contribution in [2.45, 2.75) is 19.8 Å². The Morgan fingerprint density at radius 2 is 2.00 bits per heavy atom. The molecule has 0 atom stereocenters. The second kappa shape index (κ2) is 4.91. The van der Waals surface area contributed by atoms with Gasteiger partial charge in [-0.2, -0.15) is 12.7 Å². The highest BCUT2D eigenvalue weighted by Crippen LogP contribution is 2.20. The molecule has 2 heterocycles. The summed E-state index contributed by atoms with van der Waals surface area (Å²) in [5, 5.41) is 0. The minimum atomic E-state index is -3.42. The zero-order valence-corrected chi connectivity index (χ0v) is 11.9. The van der Waals surface area contributed by atoms with Gasteiger partial charge in [-0.3, -0.25) is 4.72 Å². The molecule has 1 N–H and O–H groups in total. The maximum atomic E-state index is 12.0. The highest BCUT2D eigenvalue weighted by atomic mass is 79.9. The lowest BCUT2D eigenvalue weighted by Gasteiger charge is -2.17. The predicted octanol–water partition coefficient (Wildman–Crippen LogP) is 1.91. The van der Waals surface area contributed by atoms with Gasteiger partial charge in [-0.15, -0.1) is 0 Å². The molecule has 1 aliphatic heterocycles. The number of aryl methyl sites for hydroxylation is 1. The van der Waals surface area contributed by atoms with E-state index in [1.807, 2.05) is 0 Å². The normalized spacial score (nSPS) is 17.3. The monoisotopic (exact) mass is 319 g/mol. The highest BCUT2D eigenvalue weighted by molar-refractivity contribution is 9.10. The minimum absolute atomic E-state index is 0.528. The smallest absolute Gasteiger partial charge is 0.269 e. The van der Waals surface area contributed by atoms with Gasteiger partial charge in [0.1, 0.15) is 4.60 Å². The fourth-order valence-corrected chi connectivity index (χ4v) is 3.53. The molecule has 2 rings (SSSR count). The quantitative estimate of drug-likeness (QED) is 0.865. The zero-order valence-electron chi connectivity index (χ0n) is 9.48. The van der Waals surface area contributed by atoms with Gasteiger partial charge in [0.05, 0.1) is 11.4 Å². The first kappa shape index (κ1) is 12.8. The average molecular weight is 320 g/mol. The van der Waals surface area contributed by atoms with Gasteiger partial charge in [0.2, 0.25) is 0 Å². The van der Waals surface area contributed by atoms with Crippen LogP contribution in [0.3, 0.4) is 0 Å². The van der Waals surface area contributed by atoms with Crippen LogP contribution in [-0.2, 0) is 10.2 Å². The van der Waals surface area contributed by atoms with E-state index >= 15 is 0 Å². The van der Waals surface area contributed by atoms with Crippen molar-refractivity contribution in [3.63, 3.8) is 0 Å². The van der Waals surface area contributed by atoms with Crippen molar-refractivity contribution in [3.8, 4) is 0 Å². The van der Waals surface area contributed by atoms with Crippen LogP contribution >= 0.6 is 15.9 Å². The van der Waals surface area contributed by atoms with Crippen LogP contribution in [0.25, 0.3) is 0 Å². The van der Waals surface area contributed by atoms with Crippen molar-refractivity contribution in [2.24, 2.45) is 0 Å². The van der Waals surface area contributed by atoms with E-state index in [1.54, 1.807) is 19.1 Å². The van der Waals surface area contributed by atoms with E-state index in [2.05, 4.69) is 25.6 Å². The van der Waals surface area contributed by atoms with Gasteiger partial charge in [-0.1, -0.05) is 0 Å². The van der Waals surface area contributed by atoms with E-state index in [0.29, 0.717) is 29.1 Å². The van der Waals surface area contributed by atoms with Gasteiger partial charge < -0.3 is 0 Å². The van der Waals surface area contributed by atoms with Crippen molar-refractivity contribution in [2.75, 3.05) is 17.8 Å². The number of rotatable bonds is 3. The standard InChI is InChI=1S/C10H14BrN3O2S/c1-8-9(4-5-10(11)12-8)13-17(15,16)14-6-2-3-7-14/h4-5,13H,2-3,6-7H2,1H3. The summed E-state index contributed by atoms with van der Waals surface area (Å²) in [6.07, 6.45) is 1.86. The summed E-state index contributed by atoms with van der Waals surface area (Å²) in [6, 6.07) is 3.43. The van der Waals surface area contributed by atoms with Gasteiger partial charge in [0, 0.05) is 13.1 Å². The molecule has 5 nitrogen and oxygen atoms in total. The first-order valence-electron chi connectivity index (χ1n) is 5.40. The van der Waals surface area contributed by atoms with Crippen LogP contribution in [0, 0.1) is 6.92 Å². The summed E-state index contributed by atoms with van der Waals surface area (Å²) in [4.78, 5) is 4.16. The molecule has 0 aromatic carbocycles. The SMILES string of the molecule is Cc1nc(Br)ccc1NS(=O)(=O)N1CCCC1. The van der Waals surface area contributed by atoms with E-state index < -0.39 is 10.2 Å². The van der Waals surface area contributed by atoms with Crippen LogP contribution in [0.5, 0.6) is 0 Å². The number of anilines is 1. The minimum Gasteiger partial charge on any atom is -0.269 e. The summed E-state index contributed by atoms with van der Waals surface area (Å²) in [6.45, 7) is 2.96. The number of halogens is 1. The Morgan fingerprint density at radius 1 is 1.35 bits per heavy atom. The molecule has 0 spiro atoms. The van der Waals surface area contributed by atoms with E-state index in [-0.39, 0.29) is 0 Å². The largest absolute Gasteiger partial charge is 0.301 e. The summed E-state index contributed by atoms with van der Waals surface area (Å²) in [5.74, 6) is 0. The molecule has 1 aromatic rings. The topological polar surface area (TPSA) is 62.3 Å². The van der Waals surface area contributed by atoms with Crippen molar-refractivity contribution in [3.05, 3.63) is 22.4 Å². The second-order valence-electron chi connectivity index (χ2n) is 3.98. The third-order valence-corrected chi connectivity index (χ3v) is 4.66. The first-order valence-corrected chi connectivity index (χ1v) is 7.63. The van der Waals surface area contributed by atoms with Crippen LogP contribution in [0.1, 0.15) is 18.5 Å². The molecular formula is C10H14BrN3O2S. The van der Waals surface area contributed by atoms with Crippen LogP contribution in [0.15, 0.2) is 16.7 Å². The number of pyridine rings is 1. The molecule has 0 bridgehead atoms. The summed E-state index contributed by atoms with van der Waals surface area (Å²) in [5.41, 5.74) is 1.18. The lowest BCUT2D eigenvalue weighted by Crippen LogP contribution is -2.33. The molecule has 1 aromatic heterocycles. The van der Waals surface area contributed by atoms with Gasteiger partial charge in [-0.05, 0) is 47.8 Å². The number of nitrogens with one attached hydrogen (secondary N) is 1. The Labute approximate surface area is 110 Å². The summed E-state index contributed by atoms with van der Waals surface area (Å²) >= 11 is 3.24. The van der Waals surface area contributed by atoms with Gasteiger partial charge in [0.25, 0.3) is 0 Å². The van der Waals surface area contributed by atoms with Crippen LogP contribution in [-0.4, -0.2) is 30.8 Å². The number of aromatic nitrogens is 1. The lowest BCUT2D eigenvalue weighted by molar-refractivity contribution is 0.482. The van der Waals surface area contributed by atoms with E-state index in [0.717, 1.165) is 12.8 Å². The molecule has 0 amide bonds. The number of hydrogen-bond acceptors (Lipinski definition) is 3. The average Bonchev–Trinajstić information content (AvgIpc) is 2.76. The Hall–Kier alpha value is -0.660. The molecule has 0 aliphatic carbocycles. The van der Waals surface area contributed by atoms with E-state index in [1.165, 1.54) is 4.31 Å². The molecule has 1 fully saturated rings. The molecule has 1 saturated heterocycles. The molecular weight excluding hydrogens is 306 g/mol. The molecule has 94 valence electrons. The third kappa shape index (κ3) is 2.97. The Kier molecular flexibility index (Phi) is 3.70. The maximum absolute atomic E-state index is 12.0. The van der Waals surface area contributed by atoms with Gasteiger partial charge >= 0.3 is 10.2 Å². The van der Waals surface area contributed by atoms with Crippen LogP contribution in [0.2, 0.25) is 0 Å². The van der Waals surface area contributed by atoms with Crippen molar-refractivity contribution in [1.82, 2.24) is 9.29 Å². The zero-order chi connectivity index (χ0) is 12.5. The second-order valence-corrected chi connectivity index (χ2v) is 6.46. The molecule has 7 heteroatoms. The fraction of sp³-hybridized carbons (Fsp3) is 0.500. The van der Waals surface area contributed by atoms with Crippen molar-refractivity contribution in [1.29, 1.82) is 0 Å². The van der Waals surface area contributed by atoms with Gasteiger partial charge in [0.15, 0.2) is 0 Å². The Morgan fingerprint density at radius 3 is 2.59 bits per heavy atom. The molecule has 0 radical (unpaired) electrons. The van der Waals surface area contributed by atoms with Gasteiger partial charge in [-0.25, -0.2) is 4.98 Å². The van der Waals surface area contributed by atoms with Crippen molar-refractivity contribution >= 4 is 31.8 Å². The molecule has 1 aliphatic rings. The Balaban J connectivity index is 2.19. The third-order valence-electron chi connectivity index (χ3n) is 2.70. The Bertz CT molecular complexity index is 512. The maximum Gasteiger partial charge on any atom is 0.301 e. The molecule has 0 saturated carbocycles.